The van der Waals surface area contributed by atoms with Crippen LogP contribution in [0.1, 0.15) is 94.6 Å². The van der Waals surface area contributed by atoms with Crippen LogP contribution in [0.4, 0.5) is 20.4 Å². The van der Waals surface area contributed by atoms with Gasteiger partial charge in [-0.25, -0.2) is 22.2 Å². The zero-order chi connectivity index (χ0) is 40.1. The zero-order valence-electron chi connectivity index (χ0n) is 32.0. The van der Waals surface area contributed by atoms with Gasteiger partial charge >= 0.3 is 0 Å². The number of hydrogen-bond acceptors (Lipinski definition) is 10. The minimum atomic E-state index is -3.75. The number of hydrogen-bond donors (Lipinski definition) is 3. The van der Waals surface area contributed by atoms with Gasteiger partial charge in [0.15, 0.2) is 0 Å². The molecule has 4 aliphatic rings. The van der Waals surface area contributed by atoms with Gasteiger partial charge in [-0.2, -0.15) is 9.29 Å². The van der Waals surface area contributed by atoms with E-state index in [1.54, 1.807) is 18.2 Å². The third-order valence-electron chi connectivity index (χ3n) is 11.4. The highest BCUT2D eigenvalue weighted by Crippen LogP contribution is 2.30. The number of rotatable bonds is 9. The number of carbonyl (C=O) groups excluding carboxylic acids is 2. The number of anilines is 2. The Morgan fingerprint density at radius 1 is 0.895 bits per heavy atom. The SMILES string of the molecule is CC1CCCC1.O=C1CCC(c2ccc(OC3CCN(c4cccc(S(=O)(=O)N5CCC(Nc6ncc7cc(C(F)F)c(=O)[nH]c7n6)CC5)c4)CC3)cc2)C(=O)N1. The number of imide groups is 1. The van der Waals surface area contributed by atoms with E-state index >= 15 is 0 Å². The van der Waals surface area contributed by atoms with Crippen LogP contribution in [0.2, 0.25) is 0 Å². The number of fused-ring (bicyclic) bond motifs is 1. The van der Waals surface area contributed by atoms with E-state index in [1.807, 2.05) is 30.3 Å². The van der Waals surface area contributed by atoms with Crippen LogP contribution >= 0.6 is 0 Å². The Balaban J connectivity index is 0.000000757. The summed E-state index contributed by atoms with van der Waals surface area (Å²) in [6.45, 7) is 4.29. The number of piperidine rings is 3. The lowest BCUT2D eigenvalue weighted by Gasteiger charge is -2.34. The maximum absolute atomic E-state index is 13.7. The molecule has 0 bridgehead atoms. The van der Waals surface area contributed by atoms with Crippen molar-refractivity contribution >= 4 is 44.5 Å². The quantitative estimate of drug-likeness (QED) is 0.164. The molecular formula is C41H49F2N7O6S. The molecule has 5 heterocycles. The van der Waals surface area contributed by atoms with Crippen LogP contribution in [-0.2, 0) is 19.6 Å². The Bertz CT molecular complexity index is 2220. The van der Waals surface area contributed by atoms with E-state index in [4.69, 9.17) is 4.74 Å². The lowest BCUT2D eigenvalue weighted by Crippen LogP contribution is -2.42. The highest BCUT2D eigenvalue weighted by atomic mass is 32.2. The first kappa shape index (κ1) is 40.2. The second kappa shape index (κ2) is 17.7. The van der Waals surface area contributed by atoms with Gasteiger partial charge < -0.3 is 19.9 Å². The molecule has 2 aromatic carbocycles. The normalized spacial score (nSPS) is 20.4. The molecule has 13 nitrogen and oxygen atoms in total. The molecule has 16 heteroatoms. The molecule has 1 aliphatic carbocycles. The van der Waals surface area contributed by atoms with E-state index in [1.165, 1.54) is 36.2 Å². The Morgan fingerprint density at radius 2 is 1.61 bits per heavy atom. The number of benzene rings is 2. The minimum Gasteiger partial charge on any atom is -0.490 e. The van der Waals surface area contributed by atoms with Crippen molar-refractivity contribution in [3.05, 3.63) is 82.3 Å². The van der Waals surface area contributed by atoms with E-state index in [-0.39, 0.29) is 64.8 Å². The number of ether oxygens (including phenoxy) is 1. The van der Waals surface area contributed by atoms with Crippen LogP contribution in [0.5, 0.6) is 5.75 Å². The number of pyridine rings is 1. The average Bonchev–Trinajstić information content (AvgIpc) is 3.69. The van der Waals surface area contributed by atoms with Gasteiger partial charge in [0, 0.05) is 68.8 Å². The molecule has 304 valence electrons. The molecule has 1 unspecified atom stereocenters. The zero-order valence-corrected chi connectivity index (χ0v) is 32.8. The number of carbonyl (C=O) groups is 2. The summed E-state index contributed by atoms with van der Waals surface area (Å²) in [5.74, 6) is 1.12. The number of aromatic nitrogens is 3. The molecule has 0 radical (unpaired) electrons. The summed E-state index contributed by atoms with van der Waals surface area (Å²) in [6, 6.07) is 15.4. The van der Waals surface area contributed by atoms with E-state index in [2.05, 4.69) is 37.4 Å². The van der Waals surface area contributed by atoms with E-state index < -0.39 is 27.6 Å². The van der Waals surface area contributed by atoms with Crippen LogP contribution < -0.4 is 25.8 Å². The van der Waals surface area contributed by atoms with Crippen LogP contribution in [0, 0.1) is 5.92 Å². The predicted molar refractivity (Wildman–Crippen MR) is 212 cm³/mol. The summed E-state index contributed by atoms with van der Waals surface area (Å²) in [7, 11) is -3.75. The van der Waals surface area contributed by atoms with Gasteiger partial charge in [-0.3, -0.25) is 19.7 Å². The second-order valence-corrected chi connectivity index (χ2v) is 17.4. The topological polar surface area (TPSA) is 167 Å². The molecule has 1 saturated carbocycles. The molecule has 3 saturated heterocycles. The molecular weight excluding hydrogens is 757 g/mol. The van der Waals surface area contributed by atoms with Crippen molar-refractivity contribution in [1.29, 1.82) is 0 Å². The van der Waals surface area contributed by atoms with Gasteiger partial charge in [-0.1, -0.05) is 50.8 Å². The van der Waals surface area contributed by atoms with Crippen molar-refractivity contribution in [3.8, 4) is 5.75 Å². The predicted octanol–water partition coefficient (Wildman–Crippen LogP) is 6.29. The van der Waals surface area contributed by atoms with Gasteiger partial charge in [-0.15, -0.1) is 0 Å². The molecule has 3 N–H and O–H groups in total. The number of amides is 2. The third-order valence-corrected chi connectivity index (χ3v) is 13.3. The van der Waals surface area contributed by atoms with Gasteiger partial charge in [0.25, 0.3) is 12.0 Å². The maximum Gasteiger partial charge on any atom is 0.269 e. The standard InChI is InChI=1S/C35H37F2N7O6S.C6H12/c36-31(37)29-18-22-20-38-35(42-32(22)41-34(29)47)39-23-10-16-44(17-11-23)51(48,49)27-3-1-2-24(19-27)43-14-12-26(13-15-43)50-25-6-4-21(5-7-25)28-8-9-30(45)40-33(28)46;1-6-4-2-3-5-6/h1-7,18-20,23,26,28,31H,8-17H2,(H,40,45,46)(H2,38,39,41,42,47);6H,2-5H2,1H3. The summed E-state index contributed by atoms with van der Waals surface area (Å²) in [6.07, 6.45) is 7.70. The monoisotopic (exact) mass is 805 g/mol. The summed E-state index contributed by atoms with van der Waals surface area (Å²) < 4.78 is 61.2. The summed E-state index contributed by atoms with van der Waals surface area (Å²) in [5, 5.41) is 5.85. The number of halogens is 2. The third kappa shape index (κ3) is 9.78. The van der Waals surface area contributed by atoms with Crippen molar-refractivity contribution in [2.24, 2.45) is 5.92 Å². The Kier molecular flexibility index (Phi) is 12.5. The van der Waals surface area contributed by atoms with Crippen molar-refractivity contribution in [3.63, 3.8) is 0 Å². The van der Waals surface area contributed by atoms with Gasteiger partial charge in [0.2, 0.25) is 27.8 Å². The molecule has 0 spiro atoms. The van der Waals surface area contributed by atoms with E-state index in [0.29, 0.717) is 44.5 Å². The van der Waals surface area contributed by atoms with E-state index in [9.17, 15) is 31.6 Å². The Morgan fingerprint density at radius 3 is 2.26 bits per heavy atom. The fourth-order valence-electron chi connectivity index (χ4n) is 8.00. The highest BCUT2D eigenvalue weighted by Gasteiger charge is 2.31. The summed E-state index contributed by atoms with van der Waals surface area (Å²) in [4.78, 5) is 48.9. The Labute approximate surface area is 330 Å². The molecule has 1 atom stereocenters. The fourth-order valence-corrected chi connectivity index (χ4v) is 9.51. The first-order chi connectivity index (χ1) is 27.4. The van der Waals surface area contributed by atoms with Crippen LogP contribution in [0.25, 0.3) is 11.0 Å². The summed E-state index contributed by atoms with van der Waals surface area (Å²) >= 11 is 0. The smallest absolute Gasteiger partial charge is 0.269 e. The highest BCUT2D eigenvalue weighted by molar-refractivity contribution is 7.89. The van der Waals surface area contributed by atoms with Crippen molar-refractivity contribution < 1.29 is 31.5 Å². The minimum absolute atomic E-state index is 0.00911. The van der Waals surface area contributed by atoms with Gasteiger partial charge in [0.05, 0.1) is 16.4 Å². The molecule has 2 aromatic heterocycles. The number of nitrogens with one attached hydrogen (secondary N) is 3. The van der Waals surface area contributed by atoms with Crippen molar-refractivity contribution in [1.82, 2.24) is 24.6 Å². The molecule has 4 fully saturated rings. The number of nitrogens with zero attached hydrogens (tertiary/aromatic N) is 4. The van der Waals surface area contributed by atoms with Gasteiger partial charge in [0.1, 0.15) is 17.5 Å². The maximum atomic E-state index is 13.7. The van der Waals surface area contributed by atoms with Crippen molar-refractivity contribution in [2.75, 3.05) is 36.4 Å². The van der Waals surface area contributed by atoms with Crippen LogP contribution in [-0.4, -0.2) is 77.8 Å². The number of sulfonamides is 1. The van der Waals surface area contributed by atoms with Crippen molar-refractivity contribution in [2.45, 2.75) is 101 Å². The number of alkyl halides is 2. The molecule has 2 amide bonds. The fraction of sp³-hybridized carbons (Fsp3) is 0.488. The molecule has 4 aromatic rings. The Hall–Kier alpha value is -4.96. The van der Waals surface area contributed by atoms with E-state index in [0.717, 1.165) is 36.1 Å². The first-order valence-corrected chi connectivity index (χ1v) is 21.3. The van der Waals surface area contributed by atoms with Crippen LogP contribution in [0.3, 0.4) is 0 Å². The van der Waals surface area contributed by atoms with Crippen LogP contribution in [0.15, 0.2) is 70.5 Å². The lowest BCUT2D eigenvalue weighted by molar-refractivity contribution is -0.134. The summed E-state index contributed by atoms with van der Waals surface area (Å²) in [5.41, 5.74) is 0.263. The molecule has 3 aliphatic heterocycles. The number of aromatic amines is 1. The average molecular weight is 806 g/mol. The molecule has 57 heavy (non-hydrogen) atoms. The van der Waals surface area contributed by atoms with Gasteiger partial charge in [-0.05, 0) is 67.1 Å². The lowest BCUT2D eigenvalue weighted by atomic mass is 9.90. The second-order valence-electron chi connectivity index (χ2n) is 15.4. The molecule has 8 rings (SSSR count). The first-order valence-electron chi connectivity index (χ1n) is 19.8. The number of H-pyrrole nitrogens is 1. The largest absolute Gasteiger partial charge is 0.490 e.